The van der Waals surface area contributed by atoms with Gasteiger partial charge in [-0.1, -0.05) is 36.4 Å². The lowest BCUT2D eigenvalue weighted by molar-refractivity contribution is -0.120. The van der Waals surface area contributed by atoms with Crippen molar-refractivity contribution in [3.05, 3.63) is 65.2 Å². The fourth-order valence-electron chi connectivity index (χ4n) is 3.58. The average Bonchev–Trinajstić information content (AvgIpc) is 3.40. The lowest BCUT2D eigenvalue weighted by Gasteiger charge is -2.35. The van der Waals surface area contributed by atoms with Gasteiger partial charge < -0.3 is 5.32 Å². The van der Waals surface area contributed by atoms with Crippen LogP contribution < -0.4 is 10.8 Å². The molecule has 1 saturated heterocycles. The summed E-state index contributed by atoms with van der Waals surface area (Å²) in [7, 11) is -3.47. The number of thiophene rings is 1. The lowest BCUT2D eigenvalue weighted by atomic mass is 9.92. The van der Waals surface area contributed by atoms with Gasteiger partial charge in [-0.25, -0.2) is 8.42 Å². The standard InChI is InChI=1S/C20H23N3O4S2/c1-15(16-6-3-2-4-7-16)21-19(24)17-14-20(27-22-17)9-11-23(12-10-20)29(25,26)18-8-5-13-28-18/h2-8,13-15,22H,9-12H2,1H3,(H,21,24). The minimum Gasteiger partial charge on any atom is -0.344 e. The zero-order valence-electron chi connectivity index (χ0n) is 16.0. The largest absolute Gasteiger partial charge is 0.344 e. The fourth-order valence-corrected chi connectivity index (χ4v) is 6.16. The van der Waals surface area contributed by atoms with Crippen LogP contribution in [0.5, 0.6) is 0 Å². The second kappa shape index (κ2) is 7.91. The molecule has 29 heavy (non-hydrogen) atoms. The molecule has 0 bridgehead atoms. The Morgan fingerprint density at radius 2 is 1.93 bits per heavy atom. The first-order chi connectivity index (χ1) is 13.9. The molecule has 1 fully saturated rings. The molecule has 0 radical (unpaired) electrons. The molecule has 9 heteroatoms. The van der Waals surface area contributed by atoms with Gasteiger partial charge in [0, 0.05) is 13.1 Å². The predicted molar refractivity (Wildman–Crippen MR) is 110 cm³/mol. The number of hydrogen-bond acceptors (Lipinski definition) is 6. The summed E-state index contributed by atoms with van der Waals surface area (Å²) in [4.78, 5) is 18.3. The zero-order valence-corrected chi connectivity index (χ0v) is 17.6. The predicted octanol–water partition coefficient (Wildman–Crippen LogP) is 2.57. The second-order valence-electron chi connectivity index (χ2n) is 7.27. The molecule has 2 aliphatic heterocycles. The number of carbonyl (C=O) groups excluding carboxylic acids is 1. The van der Waals surface area contributed by atoms with E-state index in [0.29, 0.717) is 35.8 Å². The summed E-state index contributed by atoms with van der Waals surface area (Å²) in [6, 6.07) is 12.9. The molecule has 1 aromatic heterocycles. The molecule has 1 amide bonds. The van der Waals surface area contributed by atoms with Crippen molar-refractivity contribution in [3.63, 3.8) is 0 Å². The summed E-state index contributed by atoms with van der Waals surface area (Å²) in [6.45, 7) is 2.61. The van der Waals surface area contributed by atoms with E-state index in [-0.39, 0.29) is 11.9 Å². The first kappa shape index (κ1) is 20.1. The summed E-state index contributed by atoms with van der Waals surface area (Å²) >= 11 is 1.22. The molecule has 0 saturated carbocycles. The molecule has 2 N–H and O–H groups in total. The maximum Gasteiger partial charge on any atom is 0.269 e. The van der Waals surface area contributed by atoms with E-state index in [1.54, 1.807) is 23.6 Å². The quantitative estimate of drug-likeness (QED) is 0.757. The number of carbonyl (C=O) groups is 1. The Morgan fingerprint density at radius 3 is 2.59 bits per heavy atom. The Morgan fingerprint density at radius 1 is 1.21 bits per heavy atom. The van der Waals surface area contributed by atoms with Crippen molar-refractivity contribution in [1.82, 2.24) is 15.1 Å². The third kappa shape index (κ3) is 4.09. The molecule has 3 heterocycles. The molecule has 1 spiro atoms. The molecular weight excluding hydrogens is 410 g/mol. The Hall–Kier alpha value is -2.20. The van der Waals surface area contributed by atoms with Crippen molar-refractivity contribution in [3.8, 4) is 0 Å². The van der Waals surface area contributed by atoms with Gasteiger partial charge in [0.05, 0.1) is 6.04 Å². The van der Waals surface area contributed by atoms with E-state index in [1.807, 2.05) is 37.3 Å². The molecule has 7 nitrogen and oxygen atoms in total. The zero-order chi connectivity index (χ0) is 20.5. The molecule has 4 rings (SSSR count). The van der Waals surface area contributed by atoms with E-state index in [2.05, 4.69) is 10.8 Å². The van der Waals surface area contributed by atoms with Crippen LogP contribution in [0.1, 0.15) is 31.4 Å². The molecule has 2 aromatic rings. The SMILES string of the molecule is CC(NC(=O)C1=CC2(CCN(S(=O)(=O)c3cccs3)CC2)ON1)c1ccccc1. The van der Waals surface area contributed by atoms with Gasteiger partial charge in [0.1, 0.15) is 15.5 Å². The molecule has 0 aliphatic carbocycles. The molecule has 1 atom stereocenters. The van der Waals surface area contributed by atoms with Crippen LogP contribution in [0.2, 0.25) is 0 Å². The lowest BCUT2D eigenvalue weighted by Crippen LogP contribution is -2.46. The van der Waals surface area contributed by atoms with Crippen LogP contribution in [0.15, 0.2) is 63.8 Å². The van der Waals surface area contributed by atoms with Gasteiger partial charge in [0.25, 0.3) is 15.9 Å². The maximum absolute atomic E-state index is 12.7. The van der Waals surface area contributed by atoms with Crippen molar-refractivity contribution in [2.45, 2.75) is 35.6 Å². The molecule has 154 valence electrons. The highest BCUT2D eigenvalue weighted by Gasteiger charge is 2.42. The second-order valence-corrected chi connectivity index (χ2v) is 10.4. The Labute approximate surface area is 174 Å². The van der Waals surface area contributed by atoms with Crippen molar-refractivity contribution in [2.24, 2.45) is 0 Å². The van der Waals surface area contributed by atoms with Gasteiger partial charge in [-0.15, -0.1) is 11.3 Å². The van der Waals surface area contributed by atoms with Gasteiger partial charge in [0.15, 0.2) is 0 Å². The average molecular weight is 434 g/mol. The molecular formula is C20H23N3O4S2. The topological polar surface area (TPSA) is 87.7 Å². The van der Waals surface area contributed by atoms with E-state index in [1.165, 1.54) is 15.6 Å². The first-order valence-electron chi connectivity index (χ1n) is 9.46. The summed E-state index contributed by atoms with van der Waals surface area (Å²) < 4.78 is 27.2. The third-order valence-electron chi connectivity index (χ3n) is 5.32. The number of hydroxylamine groups is 1. The summed E-state index contributed by atoms with van der Waals surface area (Å²) in [5.41, 5.74) is 3.45. The van der Waals surface area contributed by atoms with Gasteiger partial charge in [0.2, 0.25) is 0 Å². The maximum atomic E-state index is 12.7. The van der Waals surface area contributed by atoms with Crippen molar-refractivity contribution >= 4 is 27.3 Å². The number of nitrogens with zero attached hydrogens (tertiary/aromatic N) is 1. The van der Waals surface area contributed by atoms with Gasteiger partial charge >= 0.3 is 0 Å². The third-order valence-corrected chi connectivity index (χ3v) is 8.59. The molecule has 1 unspecified atom stereocenters. The minimum absolute atomic E-state index is 0.138. The number of rotatable bonds is 5. The number of piperidine rings is 1. The fraction of sp³-hybridized carbons (Fsp3) is 0.350. The van der Waals surface area contributed by atoms with Crippen molar-refractivity contribution in [2.75, 3.05) is 13.1 Å². The first-order valence-corrected chi connectivity index (χ1v) is 11.8. The summed E-state index contributed by atoms with van der Waals surface area (Å²) in [5, 5.41) is 4.71. The minimum atomic E-state index is -3.47. The summed E-state index contributed by atoms with van der Waals surface area (Å²) in [6.07, 6.45) is 2.75. The van der Waals surface area contributed by atoms with Gasteiger partial charge in [-0.3, -0.25) is 15.1 Å². The number of amides is 1. The number of benzene rings is 1. The highest BCUT2D eigenvalue weighted by molar-refractivity contribution is 7.91. The Bertz CT molecular complexity index is 996. The van der Waals surface area contributed by atoms with Crippen LogP contribution in [0.25, 0.3) is 0 Å². The van der Waals surface area contributed by atoms with Crippen LogP contribution in [-0.4, -0.2) is 37.3 Å². The Kier molecular flexibility index (Phi) is 5.48. The van der Waals surface area contributed by atoms with E-state index in [9.17, 15) is 13.2 Å². The smallest absolute Gasteiger partial charge is 0.269 e. The van der Waals surface area contributed by atoms with Crippen LogP contribution >= 0.6 is 11.3 Å². The molecule has 1 aromatic carbocycles. The monoisotopic (exact) mass is 433 g/mol. The highest BCUT2D eigenvalue weighted by atomic mass is 32.2. The van der Waals surface area contributed by atoms with Gasteiger partial charge in [-0.05, 0) is 42.9 Å². The van der Waals surface area contributed by atoms with E-state index in [0.717, 1.165) is 5.56 Å². The number of nitrogens with one attached hydrogen (secondary N) is 2. The van der Waals surface area contributed by atoms with Crippen molar-refractivity contribution in [1.29, 1.82) is 0 Å². The highest BCUT2D eigenvalue weighted by Crippen LogP contribution is 2.34. The van der Waals surface area contributed by atoms with E-state index < -0.39 is 15.6 Å². The van der Waals surface area contributed by atoms with Crippen LogP contribution in [0, 0.1) is 0 Å². The van der Waals surface area contributed by atoms with Gasteiger partial charge in [-0.2, -0.15) is 4.31 Å². The normalized spacial score (nSPS) is 20.1. The number of sulfonamides is 1. The Balaban J connectivity index is 1.39. The summed E-state index contributed by atoms with van der Waals surface area (Å²) in [5.74, 6) is -0.244. The van der Waals surface area contributed by atoms with Crippen LogP contribution in [0.3, 0.4) is 0 Å². The van der Waals surface area contributed by atoms with Crippen LogP contribution in [-0.2, 0) is 19.7 Å². The number of hydrogen-bond donors (Lipinski definition) is 2. The van der Waals surface area contributed by atoms with Crippen molar-refractivity contribution < 1.29 is 18.0 Å². The van der Waals surface area contributed by atoms with E-state index >= 15 is 0 Å². The molecule has 2 aliphatic rings. The van der Waals surface area contributed by atoms with E-state index in [4.69, 9.17) is 4.84 Å². The van der Waals surface area contributed by atoms with Crippen LogP contribution in [0.4, 0.5) is 0 Å².